The highest BCUT2D eigenvalue weighted by molar-refractivity contribution is 9.10. The van der Waals surface area contributed by atoms with Crippen molar-refractivity contribution in [2.45, 2.75) is 25.7 Å². The summed E-state index contributed by atoms with van der Waals surface area (Å²) in [5.41, 5.74) is 1.55. The van der Waals surface area contributed by atoms with Crippen molar-refractivity contribution in [2.75, 3.05) is 5.32 Å². The highest BCUT2D eigenvalue weighted by Crippen LogP contribution is 2.29. The summed E-state index contributed by atoms with van der Waals surface area (Å²) in [7, 11) is 0. The number of anilines is 1. The van der Waals surface area contributed by atoms with Gasteiger partial charge in [-0.05, 0) is 53.7 Å². The molecule has 0 radical (unpaired) electrons. The molecule has 0 aromatic carbocycles. The molecular weight excluding hydrogens is 326 g/mol. The van der Waals surface area contributed by atoms with Gasteiger partial charge in [-0.1, -0.05) is 0 Å². The van der Waals surface area contributed by atoms with Crippen LogP contribution in [-0.2, 0) is 12.8 Å². The molecule has 0 spiro atoms. The molecule has 0 saturated heterocycles. The van der Waals surface area contributed by atoms with Gasteiger partial charge in [-0.2, -0.15) is 0 Å². The molecule has 0 atom stereocenters. The number of thiazole rings is 1. The van der Waals surface area contributed by atoms with Crippen LogP contribution in [0.15, 0.2) is 22.8 Å². The Labute approximate surface area is 123 Å². The average molecular weight is 338 g/mol. The summed E-state index contributed by atoms with van der Waals surface area (Å²) in [6.45, 7) is 0. The molecule has 0 bridgehead atoms. The SMILES string of the molecule is O=C(Nc1nc2c(s1)CCCC2)c1ccc(Br)cn1. The second kappa shape index (κ2) is 5.38. The van der Waals surface area contributed by atoms with Crippen molar-refractivity contribution in [3.63, 3.8) is 0 Å². The van der Waals surface area contributed by atoms with Crippen LogP contribution in [0.3, 0.4) is 0 Å². The summed E-state index contributed by atoms with van der Waals surface area (Å²) in [6, 6.07) is 3.49. The van der Waals surface area contributed by atoms with Gasteiger partial charge in [0.15, 0.2) is 5.13 Å². The van der Waals surface area contributed by atoms with E-state index >= 15 is 0 Å². The number of pyridine rings is 1. The lowest BCUT2D eigenvalue weighted by Crippen LogP contribution is -2.13. The first kappa shape index (κ1) is 12.7. The number of carbonyl (C=O) groups is 1. The maximum absolute atomic E-state index is 12.0. The molecule has 2 aromatic rings. The van der Waals surface area contributed by atoms with E-state index in [1.165, 1.54) is 17.7 Å². The van der Waals surface area contributed by atoms with E-state index in [9.17, 15) is 4.79 Å². The maximum Gasteiger partial charge on any atom is 0.276 e. The molecule has 0 saturated carbocycles. The first-order valence-electron chi connectivity index (χ1n) is 6.14. The van der Waals surface area contributed by atoms with Crippen LogP contribution < -0.4 is 5.32 Å². The van der Waals surface area contributed by atoms with Crippen LogP contribution in [0.4, 0.5) is 5.13 Å². The Kier molecular flexibility index (Phi) is 3.61. The van der Waals surface area contributed by atoms with Crippen molar-refractivity contribution < 1.29 is 4.79 Å². The number of halogens is 1. The van der Waals surface area contributed by atoms with Gasteiger partial charge >= 0.3 is 0 Å². The number of amides is 1. The number of hydrogen-bond donors (Lipinski definition) is 1. The van der Waals surface area contributed by atoms with Crippen LogP contribution >= 0.6 is 27.3 Å². The van der Waals surface area contributed by atoms with Crippen LogP contribution in [0.5, 0.6) is 0 Å². The zero-order chi connectivity index (χ0) is 13.2. The lowest BCUT2D eigenvalue weighted by molar-refractivity contribution is 0.102. The predicted molar refractivity (Wildman–Crippen MR) is 78.6 cm³/mol. The highest BCUT2D eigenvalue weighted by Gasteiger charge is 2.17. The molecule has 1 aliphatic rings. The number of fused-ring (bicyclic) bond motifs is 1. The molecule has 1 amide bonds. The molecule has 2 aromatic heterocycles. The minimum Gasteiger partial charge on any atom is -0.296 e. The number of aromatic nitrogens is 2. The molecule has 98 valence electrons. The molecule has 1 aliphatic carbocycles. The minimum absolute atomic E-state index is 0.210. The van der Waals surface area contributed by atoms with E-state index in [0.717, 1.165) is 23.0 Å². The largest absolute Gasteiger partial charge is 0.296 e. The first-order valence-corrected chi connectivity index (χ1v) is 7.75. The summed E-state index contributed by atoms with van der Waals surface area (Å²) < 4.78 is 0.855. The summed E-state index contributed by atoms with van der Waals surface area (Å²) in [5.74, 6) is -0.210. The van der Waals surface area contributed by atoms with Gasteiger partial charge in [0.2, 0.25) is 0 Å². The number of nitrogens with zero attached hydrogens (tertiary/aromatic N) is 2. The van der Waals surface area contributed by atoms with Gasteiger partial charge in [0, 0.05) is 15.5 Å². The first-order chi connectivity index (χ1) is 9.22. The van der Waals surface area contributed by atoms with Crippen LogP contribution in [-0.4, -0.2) is 15.9 Å². The van der Waals surface area contributed by atoms with Gasteiger partial charge < -0.3 is 0 Å². The zero-order valence-electron chi connectivity index (χ0n) is 10.1. The van der Waals surface area contributed by atoms with Crippen molar-refractivity contribution in [1.82, 2.24) is 9.97 Å². The molecule has 4 nitrogen and oxygen atoms in total. The van der Waals surface area contributed by atoms with Crippen molar-refractivity contribution in [1.29, 1.82) is 0 Å². The Balaban J connectivity index is 1.75. The quantitative estimate of drug-likeness (QED) is 0.913. The Morgan fingerprint density at radius 3 is 2.89 bits per heavy atom. The van der Waals surface area contributed by atoms with E-state index in [0.29, 0.717) is 10.8 Å². The van der Waals surface area contributed by atoms with E-state index in [1.54, 1.807) is 29.7 Å². The smallest absolute Gasteiger partial charge is 0.276 e. The van der Waals surface area contributed by atoms with Crippen LogP contribution in [0, 0.1) is 0 Å². The second-order valence-electron chi connectivity index (χ2n) is 4.41. The normalized spacial score (nSPS) is 13.9. The van der Waals surface area contributed by atoms with Gasteiger partial charge in [0.25, 0.3) is 5.91 Å². The van der Waals surface area contributed by atoms with Crippen molar-refractivity contribution in [2.24, 2.45) is 0 Å². The van der Waals surface area contributed by atoms with E-state index in [-0.39, 0.29) is 5.91 Å². The van der Waals surface area contributed by atoms with Gasteiger partial charge in [-0.15, -0.1) is 11.3 Å². The molecule has 0 aliphatic heterocycles. The molecule has 0 unspecified atom stereocenters. The molecule has 6 heteroatoms. The highest BCUT2D eigenvalue weighted by atomic mass is 79.9. The monoisotopic (exact) mass is 337 g/mol. The lowest BCUT2D eigenvalue weighted by atomic mass is 10.0. The number of carbonyl (C=O) groups excluding carboxylic acids is 1. The summed E-state index contributed by atoms with van der Waals surface area (Å²) in [4.78, 5) is 21.9. The summed E-state index contributed by atoms with van der Waals surface area (Å²) in [5, 5.41) is 3.51. The van der Waals surface area contributed by atoms with E-state index < -0.39 is 0 Å². The molecule has 19 heavy (non-hydrogen) atoms. The summed E-state index contributed by atoms with van der Waals surface area (Å²) in [6.07, 6.45) is 6.13. The third-order valence-corrected chi connectivity index (χ3v) is 4.57. The number of nitrogens with one attached hydrogen (secondary N) is 1. The van der Waals surface area contributed by atoms with Gasteiger partial charge in [0.05, 0.1) is 5.69 Å². The Hall–Kier alpha value is -1.27. The van der Waals surface area contributed by atoms with Crippen LogP contribution in [0.1, 0.15) is 33.9 Å². The zero-order valence-corrected chi connectivity index (χ0v) is 12.6. The van der Waals surface area contributed by atoms with Gasteiger partial charge in [0.1, 0.15) is 5.69 Å². The minimum atomic E-state index is -0.210. The number of rotatable bonds is 2. The van der Waals surface area contributed by atoms with E-state index in [4.69, 9.17) is 0 Å². The third kappa shape index (κ3) is 2.84. The number of hydrogen-bond acceptors (Lipinski definition) is 4. The van der Waals surface area contributed by atoms with E-state index in [1.807, 2.05) is 0 Å². The molecular formula is C13H12BrN3OS. The Bertz CT molecular complexity index is 585. The van der Waals surface area contributed by atoms with Gasteiger partial charge in [-0.25, -0.2) is 9.97 Å². The van der Waals surface area contributed by atoms with Crippen molar-refractivity contribution in [3.8, 4) is 0 Å². The third-order valence-electron chi connectivity index (χ3n) is 3.03. The fourth-order valence-electron chi connectivity index (χ4n) is 2.08. The lowest BCUT2D eigenvalue weighted by Gasteiger charge is -2.06. The molecule has 1 N–H and O–H groups in total. The fraction of sp³-hybridized carbons (Fsp3) is 0.308. The Morgan fingerprint density at radius 2 is 2.16 bits per heavy atom. The predicted octanol–water partition coefficient (Wildman–Crippen LogP) is 3.43. The van der Waals surface area contributed by atoms with Crippen LogP contribution in [0.25, 0.3) is 0 Å². The van der Waals surface area contributed by atoms with Crippen LogP contribution in [0.2, 0.25) is 0 Å². The maximum atomic E-state index is 12.0. The van der Waals surface area contributed by atoms with Crippen molar-refractivity contribution >= 4 is 38.3 Å². The molecule has 0 fully saturated rings. The average Bonchev–Trinajstić information content (AvgIpc) is 2.81. The fourth-order valence-corrected chi connectivity index (χ4v) is 3.36. The second-order valence-corrected chi connectivity index (χ2v) is 6.41. The standard InChI is InChI=1S/C13H12BrN3OS/c14-8-5-6-10(15-7-8)12(18)17-13-16-9-3-1-2-4-11(9)19-13/h5-7H,1-4H2,(H,16,17,18). The summed E-state index contributed by atoms with van der Waals surface area (Å²) >= 11 is 4.88. The Morgan fingerprint density at radius 1 is 1.32 bits per heavy atom. The molecule has 2 heterocycles. The molecule has 3 rings (SSSR count). The topological polar surface area (TPSA) is 54.9 Å². The van der Waals surface area contributed by atoms with Gasteiger partial charge in [-0.3, -0.25) is 10.1 Å². The van der Waals surface area contributed by atoms with E-state index in [2.05, 4.69) is 31.2 Å². The van der Waals surface area contributed by atoms with Crippen molar-refractivity contribution in [3.05, 3.63) is 39.1 Å². The number of aryl methyl sites for hydroxylation is 2.